The third-order valence-corrected chi connectivity index (χ3v) is 5.49. The summed E-state index contributed by atoms with van der Waals surface area (Å²) >= 11 is 0. The van der Waals surface area contributed by atoms with Crippen molar-refractivity contribution >= 4 is 10.0 Å². The number of piperazine rings is 1. The van der Waals surface area contributed by atoms with Gasteiger partial charge < -0.3 is 5.32 Å². The van der Waals surface area contributed by atoms with Crippen LogP contribution in [0, 0.1) is 11.3 Å². The Bertz CT molecular complexity index is 914. The highest BCUT2D eigenvalue weighted by Gasteiger charge is 2.28. The van der Waals surface area contributed by atoms with Crippen molar-refractivity contribution in [3.63, 3.8) is 0 Å². The van der Waals surface area contributed by atoms with Gasteiger partial charge in [-0.1, -0.05) is 24.8 Å². The van der Waals surface area contributed by atoms with Gasteiger partial charge in [0, 0.05) is 24.4 Å². The SMILES string of the molecule is C=C1CN(S(=O)(=O)c2cccc(-c3ccc(C#N)cc3)n2)CCN1. The Hall–Kier alpha value is -2.69. The minimum atomic E-state index is -3.67. The summed E-state index contributed by atoms with van der Waals surface area (Å²) in [6, 6.07) is 13.8. The molecular weight excluding hydrogens is 324 g/mol. The second-order valence-electron chi connectivity index (χ2n) is 5.42. The van der Waals surface area contributed by atoms with Crippen molar-refractivity contribution in [1.82, 2.24) is 14.6 Å². The van der Waals surface area contributed by atoms with Crippen molar-refractivity contribution in [3.05, 3.63) is 60.3 Å². The Labute approximate surface area is 141 Å². The quantitative estimate of drug-likeness (QED) is 0.919. The first-order valence-electron chi connectivity index (χ1n) is 7.40. The molecule has 0 unspecified atom stereocenters. The first-order valence-corrected chi connectivity index (χ1v) is 8.84. The van der Waals surface area contributed by atoms with Gasteiger partial charge in [-0.25, -0.2) is 13.4 Å². The van der Waals surface area contributed by atoms with Crippen molar-refractivity contribution in [2.45, 2.75) is 5.03 Å². The molecule has 1 fully saturated rings. The van der Waals surface area contributed by atoms with Crippen LogP contribution in [0.1, 0.15) is 5.56 Å². The molecule has 1 N–H and O–H groups in total. The van der Waals surface area contributed by atoms with Crippen LogP contribution >= 0.6 is 0 Å². The summed E-state index contributed by atoms with van der Waals surface area (Å²) in [4.78, 5) is 4.31. The van der Waals surface area contributed by atoms with Gasteiger partial charge in [0.25, 0.3) is 10.0 Å². The summed E-state index contributed by atoms with van der Waals surface area (Å²) in [7, 11) is -3.67. The van der Waals surface area contributed by atoms with Crippen LogP contribution in [0.15, 0.2) is 59.8 Å². The Morgan fingerprint density at radius 1 is 1.21 bits per heavy atom. The lowest BCUT2D eigenvalue weighted by Gasteiger charge is -2.28. The fourth-order valence-electron chi connectivity index (χ4n) is 2.48. The van der Waals surface area contributed by atoms with E-state index in [-0.39, 0.29) is 11.6 Å². The number of nitriles is 1. The summed E-state index contributed by atoms with van der Waals surface area (Å²) in [6.45, 7) is 4.94. The lowest BCUT2D eigenvalue weighted by molar-refractivity contribution is 0.393. The molecule has 24 heavy (non-hydrogen) atoms. The molecular formula is C17H16N4O2S. The van der Waals surface area contributed by atoms with Gasteiger partial charge in [0.05, 0.1) is 23.9 Å². The van der Waals surface area contributed by atoms with E-state index in [0.29, 0.717) is 30.0 Å². The van der Waals surface area contributed by atoms with Crippen LogP contribution in [-0.4, -0.2) is 37.3 Å². The molecule has 0 amide bonds. The van der Waals surface area contributed by atoms with E-state index < -0.39 is 10.0 Å². The highest BCUT2D eigenvalue weighted by molar-refractivity contribution is 7.89. The van der Waals surface area contributed by atoms with Crippen LogP contribution in [0.5, 0.6) is 0 Å². The summed E-state index contributed by atoms with van der Waals surface area (Å²) in [5.74, 6) is 0. The third kappa shape index (κ3) is 3.15. The molecule has 1 saturated heterocycles. The molecule has 122 valence electrons. The number of sulfonamides is 1. The minimum absolute atomic E-state index is 0.0130. The topological polar surface area (TPSA) is 86.1 Å². The van der Waals surface area contributed by atoms with Crippen molar-refractivity contribution in [1.29, 1.82) is 5.26 Å². The molecule has 1 aliphatic heterocycles. The average Bonchev–Trinajstić information content (AvgIpc) is 2.62. The number of aromatic nitrogens is 1. The molecule has 1 aromatic heterocycles. The molecule has 1 aromatic carbocycles. The molecule has 0 aliphatic carbocycles. The lowest BCUT2D eigenvalue weighted by atomic mass is 10.1. The number of nitrogens with one attached hydrogen (secondary N) is 1. The highest BCUT2D eigenvalue weighted by Crippen LogP contribution is 2.22. The smallest absolute Gasteiger partial charge is 0.260 e. The Balaban J connectivity index is 1.94. The van der Waals surface area contributed by atoms with Crippen molar-refractivity contribution in [3.8, 4) is 17.3 Å². The van der Waals surface area contributed by atoms with E-state index in [0.717, 1.165) is 5.56 Å². The van der Waals surface area contributed by atoms with Crippen LogP contribution in [0.3, 0.4) is 0 Å². The van der Waals surface area contributed by atoms with Gasteiger partial charge in [-0.05, 0) is 24.3 Å². The van der Waals surface area contributed by atoms with Gasteiger partial charge in [-0.15, -0.1) is 0 Å². The monoisotopic (exact) mass is 340 g/mol. The molecule has 2 heterocycles. The Kier molecular flexibility index (Phi) is 4.34. The van der Waals surface area contributed by atoms with Crippen LogP contribution in [0.25, 0.3) is 11.3 Å². The van der Waals surface area contributed by atoms with Crippen LogP contribution < -0.4 is 5.32 Å². The fraction of sp³-hybridized carbons (Fsp3) is 0.176. The van der Waals surface area contributed by atoms with E-state index in [1.807, 2.05) is 0 Å². The predicted octanol–water partition coefficient (Wildman–Crippen LogP) is 1.73. The number of benzene rings is 1. The third-order valence-electron chi connectivity index (χ3n) is 3.74. The molecule has 0 spiro atoms. The molecule has 0 bridgehead atoms. The second-order valence-corrected chi connectivity index (χ2v) is 7.30. The van der Waals surface area contributed by atoms with E-state index in [4.69, 9.17) is 5.26 Å². The van der Waals surface area contributed by atoms with Crippen molar-refractivity contribution in [2.24, 2.45) is 0 Å². The number of rotatable bonds is 3. The normalized spacial score (nSPS) is 15.5. The van der Waals surface area contributed by atoms with Crippen LogP contribution in [0.2, 0.25) is 0 Å². The van der Waals surface area contributed by atoms with E-state index in [9.17, 15) is 8.42 Å². The van der Waals surface area contributed by atoms with Gasteiger partial charge in [0.1, 0.15) is 0 Å². The molecule has 6 nitrogen and oxygen atoms in total. The van der Waals surface area contributed by atoms with E-state index in [1.165, 1.54) is 10.4 Å². The largest absolute Gasteiger partial charge is 0.386 e. The lowest BCUT2D eigenvalue weighted by Crippen LogP contribution is -2.44. The molecule has 2 aromatic rings. The number of hydrogen-bond donors (Lipinski definition) is 1. The fourth-order valence-corrected chi connectivity index (χ4v) is 3.86. The van der Waals surface area contributed by atoms with E-state index in [2.05, 4.69) is 22.9 Å². The highest BCUT2D eigenvalue weighted by atomic mass is 32.2. The van der Waals surface area contributed by atoms with Crippen molar-refractivity contribution < 1.29 is 8.42 Å². The number of pyridine rings is 1. The molecule has 3 rings (SSSR count). The molecule has 0 atom stereocenters. The maximum Gasteiger partial charge on any atom is 0.260 e. The number of hydrogen-bond acceptors (Lipinski definition) is 5. The Morgan fingerprint density at radius 3 is 2.62 bits per heavy atom. The van der Waals surface area contributed by atoms with Crippen molar-refractivity contribution in [2.75, 3.05) is 19.6 Å². The zero-order valence-corrected chi connectivity index (χ0v) is 13.8. The molecule has 0 saturated carbocycles. The minimum Gasteiger partial charge on any atom is -0.386 e. The van der Waals surface area contributed by atoms with Gasteiger partial charge in [-0.3, -0.25) is 0 Å². The first kappa shape index (κ1) is 16.2. The van der Waals surface area contributed by atoms with Gasteiger partial charge >= 0.3 is 0 Å². The van der Waals surface area contributed by atoms with Gasteiger partial charge in [-0.2, -0.15) is 9.57 Å². The summed E-state index contributed by atoms with van der Waals surface area (Å²) in [6.07, 6.45) is 0. The molecule has 7 heteroatoms. The maximum atomic E-state index is 12.8. The van der Waals surface area contributed by atoms with E-state index in [1.54, 1.807) is 36.4 Å². The van der Waals surface area contributed by atoms with Crippen LogP contribution in [-0.2, 0) is 10.0 Å². The standard InChI is InChI=1S/C17H16N4O2S/c1-13-12-21(10-9-19-13)24(22,23)17-4-2-3-16(20-17)15-7-5-14(11-18)6-8-15/h2-8,19H,1,9-10,12H2. The second kappa shape index (κ2) is 6.43. The summed E-state index contributed by atoms with van der Waals surface area (Å²) in [5.41, 5.74) is 2.53. The number of nitrogens with zero attached hydrogens (tertiary/aromatic N) is 3. The first-order chi connectivity index (χ1) is 11.5. The van der Waals surface area contributed by atoms with Gasteiger partial charge in [0.15, 0.2) is 5.03 Å². The Morgan fingerprint density at radius 2 is 1.96 bits per heavy atom. The summed E-state index contributed by atoms with van der Waals surface area (Å²) < 4.78 is 26.9. The zero-order chi connectivity index (χ0) is 17.2. The van der Waals surface area contributed by atoms with Gasteiger partial charge in [0.2, 0.25) is 0 Å². The molecule has 0 radical (unpaired) electrons. The molecule has 1 aliphatic rings. The van der Waals surface area contributed by atoms with Crippen LogP contribution in [0.4, 0.5) is 0 Å². The van der Waals surface area contributed by atoms with E-state index >= 15 is 0 Å². The summed E-state index contributed by atoms with van der Waals surface area (Å²) in [5, 5.41) is 11.9. The zero-order valence-electron chi connectivity index (χ0n) is 12.9. The maximum absolute atomic E-state index is 12.8. The predicted molar refractivity (Wildman–Crippen MR) is 90.3 cm³/mol. The average molecular weight is 340 g/mol.